The van der Waals surface area contributed by atoms with Crippen LogP contribution < -0.4 is 5.32 Å². The summed E-state index contributed by atoms with van der Waals surface area (Å²) >= 11 is 0. The zero-order valence-electron chi connectivity index (χ0n) is 17.5. The zero-order valence-corrected chi connectivity index (χ0v) is 17.5. The normalized spacial score (nSPS) is 14.5. The number of furan rings is 1. The lowest BCUT2D eigenvalue weighted by atomic mass is 10.0. The van der Waals surface area contributed by atoms with Crippen LogP contribution in [0.15, 0.2) is 53.1 Å². The van der Waals surface area contributed by atoms with E-state index in [1.165, 1.54) is 6.26 Å². The van der Waals surface area contributed by atoms with E-state index >= 15 is 0 Å². The number of aryl methyl sites for hydroxylation is 1. The lowest BCUT2D eigenvalue weighted by Gasteiger charge is -2.31. The van der Waals surface area contributed by atoms with Crippen LogP contribution in [0.25, 0.3) is 5.69 Å². The van der Waals surface area contributed by atoms with Crippen LogP contribution in [0.2, 0.25) is 0 Å². The molecule has 2 aromatic heterocycles. The van der Waals surface area contributed by atoms with Crippen molar-refractivity contribution in [3.63, 3.8) is 0 Å². The number of para-hydroxylation sites is 1. The quantitative estimate of drug-likeness (QED) is 0.506. The van der Waals surface area contributed by atoms with Gasteiger partial charge in [-0.2, -0.15) is 5.10 Å². The maximum atomic E-state index is 12.9. The highest BCUT2D eigenvalue weighted by atomic mass is 16.3. The largest absolute Gasteiger partial charge is 0.459 e. The molecule has 0 aliphatic carbocycles. The van der Waals surface area contributed by atoms with Gasteiger partial charge in [0.2, 0.25) is 0 Å². The standard InChI is InChI=1S/C23H24N4O4/c1-15-20(16(2)27(25-15)18-7-4-3-5-8-18)21(28)22(29)24-17-10-12-26(13-11-17)23(30)19-9-6-14-31-19/h3-9,14,17H,10-13H2,1-2H3,(H,24,29). The van der Waals surface area contributed by atoms with E-state index in [1.807, 2.05) is 30.3 Å². The third kappa shape index (κ3) is 4.14. The molecule has 1 fully saturated rings. The van der Waals surface area contributed by atoms with Crippen LogP contribution in [0, 0.1) is 13.8 Å². The van der Waals surface area contributed by atoms with Gasteiger partial charge in [-0.1, -0.05) is 18.2 Å². The van der Waals surface area contributed by atoms with Gasteiger partial charge in [-0.15, -0.1) is 0 Å². The van der Waals surface area contributed by atoms with Crippen LogP contribution in [0.5, 0.6) is 0 Å². The molecule has 1 N–H and O–H groups in total. The SMILES string of the molecule is Cc1nn(-c2ccccc2)c(C)c1C(=O)C(=O)NC1CCN(C(=O)c2ccco2)CC1. The molecule has 1 aliphatic rings. The molecule has 1 saturated heterocycles. The average Bonchev–Trinajstić information content (AvgIpc) is 3.42. The number of ketones is 1. The Morgan fingerprint density at radius 2 is 1.74 bits per heavy atom. The second-order valence-corrected chi connectivity index (χ2v) is 7.64. The number of benzene rings is 1. The second kappa shape index (κ2) is 8.59. The Bertz CT molecular complexity index is 1090. The van der Waals surface area contributed by atoms with E-state index in [-0.39, 0.29) is 11.9 Å². The van der Waals surface area contributed by atoms with E-state index in [1.54, 1.807) is 35.6 Å². The Morgan fingerprint density at radius 3 is 2.39 bits per heavy atom. The van der Waals surface area contributed by atoms with Crippen LogP contribution >= 0.6 is 0 Å². The number of aromatic nitrogens is 2. The molecule has 0 saturated carbocycles. The first-order chi connectivity index (χ1) is 15.0. The minimum atomic E-state index is -0.644. The monoisotopic (exact) mass is 420 g/mol. The number of carbonyl (C=O) groups is 3. The number of amides is 2. The van der Waals surface area contributed by atoms with Gasteiger partial charge in [0.05, 0.1) is 28.9 Å². The molecule has 0 unspecified atom stereocenters. The molecule has 0 bridgehead atoms. The van der Waals surface area contributed by atoms with E-state index in [0.29, 0.717) is 48.6 Å². The van der Waals surface area contributed by atoms with Crippen molar-refractivity contribution in [2.75, 3.05) is 13.1 Å². The molecule has 8 heteroatoms. The molecule has 4 rings (SSSR count). The number of carbonyl (C=O) groups excluding carboxylic acids is 3. The number of piperidine rings is 1. The minimum Gasteiger partial charge on any atom is -0.459 e. The van der Waals surface area contributed by atoms with Crippen molar-refractivity contribution in [2.24, 2.45) is 0 Å². The topological polar surface area (TPSA) is 97.4 Å². The Labute approximate surface area is 179 Å². The first-order valence-corrected chi connectivity index (χ1v) is 10.3. The van der Waals surface area contributed by atoms with Gasteiger partial charge >= 0.3 is 0 Å². The number of likely N-dealkylation sites (tertiary alicyclic amines) is 1. The molecule has 2 amide bonds. The van der Waals surface area contributed by atoms with Crippen molar-refractivity contribution in [2.45, 2.75) is 32.7 Å². The minimum absolute atomic E-state index is 0.162. The summed E-state index contributed by atoms with van der Waals surface area (Å²) in [4.78, 5) is 39.6. The van der Waals surface area contributed by atoms with E-state index in [4.69, 9.17) is 4.42 Å². The van der Waals surface area contributed by atoms with E-state index < -0.39 is 11.7 Å². The van der Waals surface area contributed by atoms with Gasteiger partial charge in [-0.05, 0) is 51.0 Å². The van der Waals surface area contributed by atoms with Gasteiger partial charge in [-0.3, -0.25) is 14.4 Å². The molecule has 160 valence electrons. The molecule has 31 heavy (non-hydrogen) atoms. The highest BCUT2D eigenvalue weighted by Gasteiger charge is 2.30. The molecule has 3 heterocycles. The number of hydrogen-bond acceptors (Lipinski definition) is 5. The Balaban J connectivity index is 1.39. The van der Waals surface area contributed by atoms with Gasteiger partial charge in [0.25, 0.3) is 17.6 Å². The van der Waals surface area contributed by atoms with Crippen LogP contribution in [-0.4, -0.2) is 51.4 Å². The van der Waals surface area contributed by atoms with Gasteiger partial charge in [0.1, 0.15) is 0 Å². The Hall–Kier alpha value is -3.68. The fourth-order valence-electron chi connectivity index (χ4n) is 3.94. The van der Waals surface area contributed by atoms with Crippen molar-refractivity contribution in [3.05, 3.63) is 71.4 Å². The lowest BCUT2D eigenvalue weighted by molar-refractivity contribution is -0.117. The summed E-state index contributed by atoms with van der Waals surface area (Å²) in [7, 11) is 0. The van der Waals surface area contributed by atoms with E-state index in [9.17, 15) is 14.4 Å². The summed E-state index contributed by atoms with van der Waals surface area (Å²) in [6.07, 6.45) is 2.62. The van der Waals surface area contributed by atoms with Crippen molar-refractivity contribution in [1.82, 2.24) is 20.0 Å². The number of rotatable bonds is 5. The van der Waals surface area contributed by atoms with Crippen molar-refractivity contribution >= 4 is 17.6 Å². The lowest BCUT2D eigenvalue weighted by Crippen LogP contribution is -2.48. The molecule has 0 radical (unpaired) electrons. The van der Waals surface area contributed by atoms with E-state index in [2.05, 4.69) is 10.4 Å². The summed E-state index contributed by atoms with van der Waals surface area (Å²) < 4.78 is 6.84. The predicted molar refractivity (Wildman–Crippen MR) is 113 cm³/mol. The van der Waals surface area contributed by atoms with Gasteiger partial charge in [-0.25, -0.2) is 4.68 Å². The molecular weight excluding hydrogens is 396 g/mol. The van der Waals surface area contributed by atoms with Crippen LogP contribution in [0.4, 0.5) is 0 Å². The van der Waals surface area contributed by atoms with Gasteiger partial charge < -0.3 is 14.6 Å². The van der Waals surface area contributed by atoms with Crippen molar-refractivity contribution in [3.8, 4) is 5.69 Å². The maximum Gasteiger partial charge on any atom is 0.292 e. The van der Waals surface area contributed by atoms with Crippen molar-refractivity contribution < 1.29 is 18.8 Å². The molecular formula is C23H24N4O4. The van der Waals surface area contributed by atoms with Crippen molar-refractivity contribution in [1.29, 1.82) is 0 Å². The number of nitrogens with zero attached hydrogens (tertiary/aromatic N) is 3. The predicted octanol–water partition coefficient (Wildman–Crippen LogP) is 2.69. The summed E-state index contributed by atoms with van der Waals surface area (Å²) in [6, 6.07) is 12.6. The van der Waals surface area contributed by atoms with Crippen LogP contribution in [0.3, 0.4) is 0 Å². The average molecular weight is 420 g/mol. The van der Waals surface area contributed by atoms with E-state index in [0.717, 1.165) is 5.69 Å². The second-order valence-electron chi connectivity index (χ2n) is 7.64. The molecule has 1 aromatic carbocycles. The summed E-state index contributed by atoms with van der Waals surface area (Å²) in [6.45, 7) is 4.49. The fraction of sp³-hybridized carbons (Fsp3) is 0.304. The first kappa shape index (κ1) is 20.6. The highest BCUT2D eigenvalue weighted by molar-refractivity contribution is 6.43. The number of Topliss-reactive ketones (excluding diaryl/α,β-unsaturated/α-hetero) is 1. The Morgan fingerprint density at radius 1 is 1.03 bits per heavy atom. The van der Waals surface area contributed by atoms with Crippen LogP contribution in [-0.2, 0) is 4.79 Å². The smallest absolute Gasteiger partial charge is 0.292 e. The van der Waals surface area contributed by atoms with Crippen LogP contribution in [0.1, 0.15) is 45.1 Å². The Kier molecular flexibility index (Phi) is 5.70. The highest BCUT2D eigenvalue weighted by Crippen LogP contribution is 2.19. The summed E-state index contributed by atoms with van der Waals surface area (Å²) in [5.74, 6) is -1.09. The third-order valence-corrected chi connectivity index (χ3v) is 5.57. The summed E-state index contributed by atoms with van der Waals surface area (Å²) in [5.41, 5.74) is 2.30. The number of nitrogens with one attached hydrogen (secondary N) is 1. The molecule has 1 aliphatic heterocycles. The molecule has 0 atom stereocenters. The fourth-order valence-corrected chi connectivity index (χ4v) is 3.94. The molecule has 8 nitrogen and oxygen atoms in total. The first-order valence-electron chi connectivity index (χ1n) is 10.3. The third-order valence-electron chi connectivity index (χ3n) is 5.57. The zero-order chi connectivity index (χ0) is 22.0. The van der Waals surface area contributed by atoms with Gasteiger partial charge in [0.15, 0.2) is 5.76 Å². The molecule has 0 spiro atoms. The van der Waals surface area contributed by atoms with Gasteiger partial charge in [0, 0.05) is 19.1 Å². The maximum absolute atomic E-state index is 12.9. The molecule has 3 aromatic rings. The number of hydrogen-bond donors (Lipinski definition) is 1. The summed E-state index contributed by atoms with van der Waals surface area (Å²) in [5, 5.41) is 7.28.